The third-order valence-corrected chi connectivity index (χ3v) is 4.79. The minimum absolute atomic E-state index is 0.0462. The number of nitrogens with one attached hydrogen (secondary N) is 2. The lowest BCUT2D eigenvalue weighted by Crippen LogP contribution is -2.53. The van der Waals surface area contributed by atoms with E-state index in [-0.39, 0.29) is 17.5 Å². The summed E-state index contributed by atoms with van der Waals surface area (Å²) in [5.74, 6) is -0.148. The fourth-order valence-corrected chi connectivity index (χ4v) is 3.23. The Morgan fingerprint density at radius 3 is 2.42 bits per heavy atom. The third-order valence-electron chi connectivity index (χ3n) is 4.79. The van der Waals surface area contributed by atoms with E-state index in [1.54, 1.807) is 24.3 Å². The van der Waals surface area contributed by atoms with Crippen LogP contribution in [0.2, 0.25) is 0 Å². The zero-order chi connectivity index (χ0) is 22.6. The van der Waals surface area contributed by atoms with Crippen LogP contribution in [0.25, 0.3) is 0 Å². The van der Waals surface area contributed by atoms with Crippen LogP contribution in [0, 0.1) is 0 Å². The van der Waals surface area contributed by atoms with Crippen molar-refractivity contribution in [3.63, 3.8) is 0 Å². The van der Waals surface area contributed by atoms with Gasteiger partial charge in [0.2, 0.25) is 5.91 Å². The molecule has 1 aromatic rings. The number of piperazine rings is 1. The lowest BCUT2D eigenvalue weighted by Gasteiger charge is -2.36. The topological polar surface area (TPSA) is 106 Å². The second-order valence-electron chi connectivity index (χ2n) is 7.75. The number of ether oxygens (including phenoxy) is 1. The van der Waals surface area contributed by atoms with Gasteiger partial charge >= 0.3 is 5.97 Å². The zero-order valence-electron chi connectivity index (χ0n) is 18.8. The van der Waals surface area contributed by atoms with Crippen molar-refractivity contribution in [2.45, 2.75) is 33.2 Å². The van der Waals surface area contributed by atoms with Crippen molar-refractivity contribution in [1.29, 1.82) is 0 Å². The summed E-state index contributed by atoms with van der Waals surface area (Å²) in [5, 5.41) is 15.3. The Labute approximate surface area is 184 Å². The van der Waals surface area contributed by atoms with Gasteiger partial charge < -0.3 is 25.4 Å². The van der Waals surface area contributed by atoms with Crippen LogP contribution >= 0.6 is 0 Å². The van der Waals surface area contributed by atoms with Gasteiger partial charge in [-0.1, -0.05) is 0 Å². The zero-order valence-corrected chi connectivity index (χ0v) is 18.8. The quantitative estimate of drug-likeness (QED) is 0.293. The van der Waals surface area contributed by atoms with Crippen molar-refractivity contribution in [2.75, 3.05) is 57.8 Å². The van der Waals surface area contributed by atoms with Gasteiger partial charge in [-0.25, -0.2) is 4.79 Å². The Morgan fingerprint density at radius 2 is 1.84 bits per heavy atom. The Hall–Kier alpha value is -2.65. The fraction of sp³-hybridized carbons (Fsp3) is 0.591. The average Bonchev–Trinajstić information content (AvgIpc) is 2.73. The standard InChI is InChI=1S/C22H35N5O4/c1-4-31-15-5-10-23-22(25-19-8-6-18(7-9-19)21(29)30)27-13-11-26(12-14-27)16-20(28)24-17(2)3/h6-9,17H,4-5,10-16H2,1-3H3,(H,23,25)(H,24,28)(H,29,30). The van der Waals surface area contributed by atoms with Crippen molar-refractivity contribution >= 4 is 23.5 Å². The first-order chi connectivity index (χ1) is 14.9. The van der Waals surface area contributed by atoms with Crippen LogP contribution in [-0.4, -0.2) is 91.3 Å². The number of hydrogen-bond acceptors (Lipinski definition) is 5. The summed E-state index contributed by atoms with van der Waals surface area (Å²) in [6.07, 6.45) is 0.826. The molecule has 0 radical (unpaired) electrons. The normalized spacial score (nSPS) is 15.2. The van der Waals surface area contributed by atoms with Gasteiger partial charge in [0.05, 0.1) is 12.1 Å². The summed E-state index contributed by atoms with van der Waals surface area (Å²) in [6, 6.07) is 6.77. The summed E-state index contributed by atoms with van der Waals surface area (Å²) >= 11 is 0. The highest BCUT2D eigenvalue weighted by molar-refractivity contribution is 5.94. The lowest BCUT2D eigenvalue weighted by atomic mass is 10.2. The molecule has 0 spiro atoms. The van der Waals surface area contributed by atoms with E-state index in [1.807, 2.05) is 20.8 Å². The predicted octanol–water partition coefficient (Wildman–Crippen LogP) is 1.72. The van der Waals surface area contributed by atoms with E-state index >= 15 is 0 Å². The second kappa shape index (κ2) is 12.9. The third kappa shape index (κ3) is 8.94. The molecular weight excluding hydrogens is 398 g/mol. The van der Waals surface area contributed by atoms with Crippen LogP contribution in [0.3, 0.4) is 0 Å². The molecule has 1 saturated heterocycles. The first-order valence-electron chi connectivity index (χ1n) is 10.9. The number of hydrogen-bond donors (Lipinski definition) is 3. The van der Waals surface area contributed by atoms with Gasteiger partial charge in [-0.3, -0.25) is 14.7 Å². The largest absolute Gasteiger partial charge is 0.478 e. The van der Waals surface area contributed by atoms with Crippen molar-refractivity contribution < 1.29 is 19.4 Å². The molecule has 0 bridgehead atoms. The number of guanidine groups is 1. The van der Waals surface area contributed by atoms with Crippen molar-refractivity contribution in [2.24, 2.45) is 4.99 Å². The predicted molar refractivity (Wildman–Crippen MR) is 122 cm³/mol. The number of benzene rings is 1. The maximum absolute atomic E-state index is 12.0. The van der Waals surface area contributed by atoms with Crippen LogP contribution in [0.15, 0.2) is 29.3 Å². The first-order valence-corrected chi connectivity index (χ1v) is 10.9. The van der Waals surface area contributed by atoms with E-state index in [0.29, 0.717) is 26.3 Å². The molecule has 1 aliphatic heterocycles. The monoisotopic (exact) mass is 433 g/mol. The minimum Gasteiger partial charge on any atom is -0.478 e. The van der Waals surface area contributed by atoms with Crippen LogP contribution in [-0.2, 0) is 9.53 Å². The van der Waals surface area contributed by atoms with Gasteiger partial charge in [0, 0.05) is 57.7 Å². The van der Waals surface area contributed by atoms with Gasteiger partial charge in [0.25, 0.3) is 0 Å². The average molecular weight is 434 g/mol. The van der Waals surface area contributed by atoms with Gasteiger partial charge in [-0.2, -0.15) is 0 Å². The maximum Gasteiger partial charge on any atom is 0.335 e. The molecule has 1 heterocycles. The Kier molecular flexibility index (Phi) is 10.3. The molecule has 2 rings (SSSR count). The number of anilines is 1. The number of amides is 1. The summed E-state index contributed by atoms with van der Waals surface area (Å²) in [6.45, 7) is 11.3. The maximum atomic E-state index is 12.0. The smallest absolute Gasteiger partial charge is 0.335 e. The van der Waals surface area contributed by atoms with E-state index < -0.39 is 5.97 Å². The van der Waals surface area contributed by atoms with E-state index in [2.05, 4.69) is 20.4 Å². The highest BCUT2D eigenvalue weighted by Crippen LogP contribution is 2.12. The number of carboxylic acids is 1. The van der Waals surface area contributed by atoms with Gasteiger partial charge in [-0.05, 0) is 51.5 Å². The molecule has 0 atom stereocenters. The molecule has 1 fully saturated rings. The molecule has 1 aliphatic rings. The Balaban J connectivity index is 1.97. The number of aromatic carboxylic acids is 1. The molecule has 0 aliphatic carbocycles. The summed E-state index contributed by atoms with van der Waals surface area (Å²) in [5.41, 5.74) is 1.03. The van der Waals surface area contributed by atoms with Gasteiger partial charge in [0.15, 0.2) is 5.96 Å². The molecule has 1 amide bonds. The number of rotatable bonds is 10. The summed E-state index contributed by atoms with van der Waals surface area (Å²) < 4.78 is 5.39. The molecule has 3 N–H and O–H groups in total. The number of nitrogens with zero attached hydrogens (tertiary/aromatic N) is 3. The van der Waals surface area contributed by atoms with E-state index in [9.17, 15) is 9.59 Å². The lowest BCUT2D eigenvalue weighted by molar-refractivity contribution is -0.123. The highest BCUT2D eigenvalue weighted by atomic mass is 16.5. The molecule has 172 valence electrons. The van der Waals surface area contributed by atoms with Crippen molar-refractivity contribution in [1.82, 2.24) is 15.1 Å². The number of carboxylic acid groups (broad SMARTS) is 1. The molecule has 9 heteroatoms. The molecule has 0 saturated carbocycles. The minimum atomic E-state index is -0.950. The van der Waals surface area contributed by atoms with Crippen molar-refractivity contribution in [3.8, 4) is 0 Å². The van der Waals surface area contributed by atoms with Gasteiger partial charge in [0.1, 0.15) is 0 Å². The second-order valence-corrected chi connectivity index (χ2v) is 7.75. The first kappa shape index (κ1) is 24.6. The van der Waals surface area contributed by atoms with Crippen LogP contribution in [0.4, 0.5) is 5.69 Å². The number of carbonyl (C=O) groups excluding carboxylic acids is 1. The van der Waals surface area contributed by atoms with E-state index in [0.717, 1.165) is 44.2 Å². The molecule has 0 unspecified atom stereocenters. The fourth-order valence-electron chi connectivity index (χ4n) is 3.23. The van der Waals surface area contributed by atoms with Crippen LogP contribution in [0.1, 0.15) is 37.6 Å². The number of aliphatic imine (C=N–C) groups is 1. The highest BCUT2D eigenvalue weighted by Gasteiger charge is 2.21. The molecular formula is C22H35N5O4. The summed E-state index contributed by atoms with van der Waals surface area (Å²) in [7, 11) is 0. The Bertz CT molecular complexity index is 728. The molecule has 1 aromatic carbocycles. The number of carbonyl (C=O) groups is 2. The molecule has 31 heavy (non-hydrogen) atoms. The molecule has 9 nitrogen and oxygen atoms in total. The van der Waals surface area contributed by atoms with Gasteiger partial charge in [-0.15, -0.1) is 0 Å². The SMILES string of the molecule is CCOCCCN=C(Nc1ccc(C(=O)O)cc1)N1CCN(CC(=O)NC(C)C)CC1. The summed E-state index contributed by atoms with van der Waals surface area (Å²) in [4.78, 5) is 32.1. The Morgan fingerprint density at radius 1 is 1.16 bits per heavy atom. The van der Waals surface area contributed by atoms with Crippen LogP contribution < -0.4 is 10.6 Å². The molecule has 0 aromatic heterocycles. The van der Waals surface area contributed by atoms with Crippen molar-refractivity contribution in [3.05, 3.63) is 29.8 Å². The van der Waals surface area contributed by atoms with E-state index in [1.165, 1.54) is 0 Å². The van der Waals surface area contributed by atoms with E-state index in [4.69, 9.17) is 14.8 Å². The van der Waals surface area contributed by atoms with Crippen LogP contribution in [0.5, 0.6) is 0 Å².